The summed E-state index contributed by atoms with van der Waals surface area (Å²) in [6.07, 6.45) is 0.777. The lowest BCUT2D eigenvalue weighted by molar-refractivity contribution is -0.123. The van der Waals surface area contributed by atoms with Crippen molar-refractivity contribution in [2.45, 2.75) is 19.4 Å². The zero-order valence-electron chi connectivity index (χ0n) is 15.5. The van der Waals surface area contributed by atoms with E-state index in [1.54, 1.807) is 36.4 Å². The second kappa shape index (κ2) is 9.71. The fourth-order valence-electron chi connectivity index (χ4n) is 2.79. The summed E-state index contributed by atoms with van der Waals surface area (Å²) in [7, 11) is 0. The van der Waals surface area contributed by atoms with Crippen molar-refractivity contribution in [3.05, 3.63) is 69.8 Å². The van der Waals surface area contributed by atoms with Crippen LogP contribution in [0.2, 0.25) is 10.0 Å². The number of hydrogen-bond acceptors (Lipinski definition) is 4. The largest absolute Gasteiger partial charge is 0.492 e. The lowest BCUT2D eigenvalue weighted by Gasteiger charge is -2.33. The Morgan fingerprint density at radius 1 is 1.00 bits per heavy atom. The molecular formula is C21H22Cl2N2O3. The topological polar surface area (TPSA) is 59.6 Å². The Bertz CT molecular complexity index is 836. The summed E-state index contributed by atoms with van der Waals surface area (Å²) in [4.78, 5) is 12.0. The Balaban J connectivity index is 1.34. The minimum absolute atomic E-state index is 0.0247. The molecule has 1 amide bonds. The highest BCUT2D eigenvalue weighted by Gasteiger charge is 2.27. The Morgan fingerprint density at radius 2 is 1.57 bits per heavy atom. The highest BCUT2D eigenvalue weighted by atomic mass is 35.5. The number of nitrogens with one attached hydrogen (secondary N) is 2. The van der Waals surface area contributed by atoms with Crippen molar-refractivity contribution in [3.63, 3.8) is 0 Å². The van der Waals surface area contributed by atoms with E-state index in [0.717, 1.165) is 23.4 Å². The lowest BCUT2D eigenvalue weighted by Crippen LogP contribution is -2.46. The van der Waals surface area contributed by atoms with Crippen LogP contribution in [0.3, 0.4) is 0 Å². The third-order valence-corrected chi connectivity index (χ3v) is 4.95. The van der Waals surface area contributed by atoms with Gasteiger partial charge in [0.25, 0.3) is 5.91 Å². The van der Waals surface area contributed by atoms with E-state index in [9.17, 15) is 4.79 Å². The average Bonchev–Trinajstić information content (AvgIpc) is 2.70. The molecule has 0 fully saturated rings. The lowest BCUT2D eigenvalue weighted by atomic mass is 9.89. The molecule has 28 heavy (non-hydrogen) atoms. The molecule has 1 unspecified atom stereocenters. The fraction of sp³-hybridized carbons (Fsp3) is 0.286. The maximum Gasteiger partial charge on any atom is 0.258 e. The first-order chi connectivity index (χ1) is 13.5. The molecule has 1 aliphatic rings. The summed E-state index contributed by atoms with van der Waals surface area (Å²) in [5.41, 5.74) is 2.27. The van der Waals surface area contributed by atoms with Gasteiger partial charge >= 0.3 is 0 Å². The van der Waals surface area contributed by atoms with Crippen LogP contribution in [0.25, 0.3) is 0 Å². The monoisotopic (exact) mass is 420 g/mol. The third-order valence-electron chi connectivity index (χ3n) is 4.45. The zero-order chi connectivity index (χ0) is 19.9. The van der Waals surface area contributed by atoms with E-state index >= 15 is 0 Å². The molecule has 2 N–H and O–H groups in total. The van der Waals surface area contributed by atoms with E-state index in [4.69, 9.17) is 32.7 Å². The van der Waals surface area contributed by atoms with Gasteiger partial charge in [0.15, 0.2) is 6.61 Å². The average molecular weight is 421 g/mol. The van der Waals surface area contributed by atoms with Gasteiger partial charge in [0, 0.05) is 28.7 Å². The molecule has 148 valence electrons. The SMILES string of the molecule is CC1=C(NCCOc2ccc(Cl)cc2)CC1NC(=O)COc1ccc(Cl)cc1. The minimum Gasteiger partial charge on any atom is -0.492 e. The normalized spacial score (nSPS) is 15.6. The van der Waals surface area contributed by atoms with Gasteiger partial charge in [-0.1, -0.05) is 23.2 Å². The molecule has 0 spiro atoms. The van der Waals surface area contributed by atoms with Crippen LogP contribution in [0.5, 0.6) is 11.5 Å². The van der Waals surface area contributed by atoms with Gasteiger partial charge in [-0.25, -0.2) is 0 Å². The van der Waals surface area contributed by atoms with E-state index in [1.807, 2.05) is 19.1 Å². The molecule has 2 aromatic rings. The third kappa shape index (κ3) is 5.81. The molecule has 2 aromatic carbocycles. The maximum atomic E-state index is 12.0. The van der Waals surface area contributed by atoms with Crippen molar-refractivity contribution >= 4 is 29.1 Å². The van der Waals surface area contributed by atoms with Gasteiger partial charge in [-0.2, -0.15) is 0 Å². The maximum absolute atomic E-state index is 12.0. The molecule has 7 heteroatoms. The number of rotatable bonds is 9. The van der Waals surface area contributed by atoms with E-state index in [-0.39, 0.29) is 18.6 Å². The van der Waals surface area contributed by atoms with Gasteiger partial charge in [0.2, 0.25) is 0 Å². The summed E-state index contributed by atoms with van der Waals surface area (Å²) in [5.74, 6) is 1.25. The number of ether oxygens (including phenoxy) is 2. The molecule has 5 nitrogen and oxygen atoms in total. The highest BCUT2D eigenvalue weighted by molar-refractivity contribution is 6.30. The van der Waals surface area contributed by atoms with Crippen molar-refractivity contribution in [1.29, 1.82) is 0 Å². The van der Waals surface area contributed by atoms with Gasteiger partial charge < -0.3 is 20.1 Å². The summed E-state index contributed by atoms with van der Waals surface area (Å²) in [6, 6.07) is 14.2. The number of carbonyl (C=O) groups is 1. The molecule has 0 heterocycles. The van der Waals surface area contributed by atoms with Crippen LogP contribution in [0, 0.1) is 0 Å². The van der Waals surface area contributed by atoms with Gasteiger partial charge in [0.1, 0.15) is 18.1 Å². The van der Waals surface area contributed by atoms with Crippen molar-refractivity contribution in [1.82, 2.24) is 10.6 Å². The number of halogens is 2. The quantitative estimate of drug-likeness (QED) is 0.596. The molecule has 1 aliphatic carbocycles. The molecule has 0 saturated heterocycles. The summed E-state index contributed by atoms with van der Waals surface area (Å²) in [6.45, 7) is 3.22. The second-order valence-corrected chi connectivity index (χ2v) is 7.33. The van der Waals surface area contributed by atoms with E-state index in [0.29, 0.717) is 28.9 Å². The molecule has 1 atom stereocenters. The summed E-state index contributed by atoms with van der Waals surface area (Å²) >= 11 is 11.7. The number of amides is 1. The number of carbonyl (C=O) groups excluding carboxylic acids is 1. The fourth-order valence-corrected chi connectivity index (χ4v) is 3.04. The zero-order valence-corrected chi connectivity index (χ0v) is 17.0. The van der Waals surface area contributed by atoms with E-state index < -0.39 is 0 Å². The van der Waals surface area contributed by atoms with Gasteiger partial charge in [0.05, 0.1) is 6.04 Å². The Morgan fingerprint density at radius 3 is 2.14 bits per heavy atom. The highest BCUT2D eigenvalue weighted by Crippen LogP contribution is 2.25. The Kier molecular flexibility index (Phi) is 7.06. The van der Waals surface area contributed by atoms with Crippen molar-refractivity contribution in [2.24, 2.45) is 0 Å². The van der Waals surface area contributed by atoms with Crippen LogP contribution in [0.15, 0.2) is 59.8 Å². The standard InChI is InChI=1S/C21H22Cl2N2O3/c1-14-19(24-10-11-27-17-6-2-15(22)3-7-17)12-20(14)25-21(26)13-28-18-8-4-16(23)5-9-18/h2-9,20,24H,10-13H2,1H3,(H,25,26). The van der Waals surface area contributed by atoms with Crippen LogP contribution in [0.4, 0.5) is 0 Å². The molecule has 3 rings (SSSR count). The molecule has 0 aliphatic heterocycles. The minimum atomic E-state index is -0.149. The molecule has 0 aromatic heterocycles. The Hall–Kier alpha value is -2.37. The first-order valence-corrected chi connectivity index (χ1v) is 9.76. The van der Waals surface area contributed by atoms with Gasteiger partial charge in [-0.05, 0) is 61.0 Å². The van der Waals surface area contributed by atoms with Crippen LogP contribution in [0.1, 0.15) is 13.3 Å². The smallest absolute Gasteiger partial charge is 0.258 e. The van der Waals surface area contributed by atoms with Crippen molar-refractivity contribution in [3.8, 4) is 11.5 Å². The first kappa shape index (κ1) is 20.4. The Labute approximate surface area is 174 Å². The number of benzene rings is 2. The molecular weight excluding hydrogens is 399 g/mol. The summed E-state index contributed by atoms with van der Waals surface area (Å²) in [5, 5.41) is 7.64. The first-order valence-electron chi connectivity index (χ1n) is 9.01. The summed E-state index contributed by atoms with van der Waals surface area (Å²) < 4.78 is 11.1. The van der Waals surface area contributed by atoms with E-state index in [2.05, 4.69) is 10.6 Å². The van der Waals surface area contributed by atoms with Crippen LogP contribution in [-0.4, -0.2) is 31.7 Å². The predicted octanol–water partition coefficient (Wildman–Crippen LogP) is 4.20. The molecule has 0 bridgehead atoms. The van der Waals surface area contributed by atoms with Gasteiger partial charge in [-0.3, -0.25) is 4.79 Å². The molecule has 0 radical (unpaired) electrons. The second-order valence-electron chi connectivity index (χ2n) is 6.46. The van der Waals surface area contributed by atoms with Crippen LogP contribution >= 0.6 is 23.2 Å². The predicted molar refractivity (Wildman–Crippen MR) is 111 cm³/mol. The number of hydrogen-bond donors (Lipinski definition) is 2. The van der Waals surface area contributed by atoms with Crippen molar-refractivity contribution in [2.75, 3.05) is 19.8 Å². The molecule has 0 saturated carbocycles. The van der Waals surface area contributed by atoms with Crippen LogP contribution in [-0.2, 0) is 4.79 Å². The van der Waals surface area contributed by atoms with E-state index in [1.165, 1.54) is 0 Å². The van der Waals surface area contributed by atoms with Crippen molar-refractivity contribution < 1.29 is 14.3 Å². The van der Waals surface area contributed by atoms with Crippen LogP contribution < -0.4 is 20.1 Å². The van der Waals surface area contributed by atoms with Gasteiger partial charge in [-0.15, -0.1) is 0 Å².